The molecule has 0 aliphatic carbocycles. The van der Waals surface area contributed by atoms with Gasteiger partial charge in [0.2, 0.25) is 5.91 Å². The van der Waals surface area contributed by atoms with Gasteiger partial charge in [-0.1, -0.05) is 30.3 Å². The molecule has 27 heavy (non-hydrogen) atoms. The summed E-state index contributed by atoms with van der Waals surface area (Å²) in [6.45, 7) is 0.580. The third kappa shape index (κ3) is 4.76. The highest BCUT2D eigenvalue weighted by Gasteiger charge is 2.07. The number of amides is 1. The van der Waals surface area contributed by atoms with E-state index in [1.54, 1.807) is 49.4 Å². The van der Waals surface area contributed by atoms with E-state index in [0.717, 1.165) is 11.1 Å². The van der Waals surface area contributed by atoms with Gasteiger partial charge in [-0.3, -0.25) is 4.79 Å². The topological polar surface area (TPSA) is 65.4 Å². The van der Waals surface area contributed by atoms with Gasteiger partial charge in [0.25, 0.3) is 0 Å². The maximum Gasteiger partial charge on any atom is 0.249 e. The second-order valence-corrected chi connectivity index (χ2v) is 5.79. The lowest BCUT2D eigenvalue weighted by atomic mass is 10.1. The van der Waals surface area contributed by atoms with E-state index in [1.807, 2.05) is 36.4 Å². The van der Waals surface area contributed by atoms with Gasteiger partial charge in [0, 0.05) is 17.7 Å². The summed E-state index contributed by atoms with van der Waals surface area (Å²) in [5.41, 5.74) is 1.86. The number of methoxy groups -OCH3 is 2. The van der Waals surface area contributed by atoms with Crippen molar-refractivity contribution in [1.82, 2.24) is 9.78 Å². The van der Waals surface area contributed by atoms with Crippen LogP contribution in [0.5, 0.6) is 11.5 Å². The first kappa shape index (κ1) is 18.3. The first-order valence-electron chi connectivity index (χ1n) is 8.46. The molecule has 0 radical (unpaired) electrons. The largest absolute Gasteiger partial charge is 0.497 e. The predicted molar refractivity (Wildman–Crippen MR) is 105 cm³/mol. The summed E-state index contributed by atoms with van der Waals surface area (Å²) in [6.07, 6.45) is 4.80. The fourth-order valence-electron chi connectivity index (χ4n) is 2.62. The van der Waals surface area contributed by atoms with Crippen molar-refractivity contribution in [1.29, 1.82) is 0 Å². The van der Waals surface area contributed by atoms with E-state index in [-0.39, 0.29) is 5.91 Å². The van der Waals surface area contributed by atoms with Gasteiger partial charge in [-0.25, -0.2) is 4.68 Å². The predicted octanol–water partition coefficient (Wildman–Crippen LogP) is 3.60. The standard InChI is InChI=1S/C21H21N3O3/c1-26-18-9-10-19(27-2)17(14-18)8-11-21(25)23-20-12-13-22-24(20)15-16-6-4-3-5-7-16/h3-14H,15H2,1-2H3,(H,23,25)/b11-8+. The van der Waals surface area contributed by atoms with E-state index >= 15 is 0 Å². The Labute approximate surface area is 158 Å². The zero-order valence-corrected chi connectivity index (χ0v) is 15.3. The number of ether oxygens (including phenoxy) is 2. The lowest BCUT2D eigenvalue weighted by molar-refractivity contribution is -0.111. The van der Waals surface area contributed by atoms with Crippen molar-refractivity contribution in [2.24, 2.45) is 0 Å². The van der Waals surface area contributed by atoms with Crippen LogP contribution in [0.2, 0.25) is 0 Å². The van der Waals surface area contributed by atoms with E-state index in [9.17, 15) is 4.79 Å². The Kier molecular flexibility index (Phi) is 5.89. The molecule has 6 heteroatoms. The normalized spacial score (nSPS) is 10.7. The smallest absolute Gasteiger partial charge is 0.249 e. The van der Waals surface area contributed by atoms with Gasteiger partial charge in [0.05, 0.1) is 27.0 Å². The van der Waals surface area contributed by atoms with Crippen LogP contribution in [0.25, 0.3) is 6.08 Å². The molecule has 0 aliphatic heterocycles. The highest BCUT2D eigenvalue weighted by molar-refractivity contribution is 6.01. The number of hydrogen-bond donors (Lipinski definition) is 1. The van der Waals surface area contributed by atoms with Crippen LogP contribution in [0.4, 0.5) is 5.82 Å². The lowest BCUT2D eigenvalue weighted by Gasteiger charge is -2.08. The summed E-state index contributed by atoms with van der Waals surface area (Å²) in [7, 11) is 3.18. The number of anilines is 1. The van der Waals surface area contributed by atoms with E-state index in [0.29, 0.717) is 23.9 Å². The van der Waals surface area contributed by atoms with Crippen LogP contribution in [-0.2, 0) is 11.3 Å². The minimum Gasteiger partial charge on any atom is -0.497 e. The number of hydrogen-bond acceptors (Lipinski definition) is 4. The van der Waals surface area contributed by atoms with E-state index in [4.69, 9.17) is 9.47 Å². The maximum absolute atomic E-state index is 12.3. The molecule has 0 spiro atoms. The summed E-state index contributed by atoms with van der Waals surface area (Å²) in [5.74, 6) is 1.73. The van der Waals surface area contributed by atoms with Crippen molar-refractivity contribution in [2.75, 3.05) is 19.5 Å². The molecule has 0 aliphatic rings. The fraction of sp³-hybridized carbons (Fsp3) is 0.143. The Bertz CT molecular complexity index is 933. The van der Waals surface area contributed by atoms with Gasteiger partial charge in [-0.2, -0.15) is 5.10 Å². The monoisotopic (exact) mass is 363 g/mol. The lowest BCUT2D eigenvalue weighted by Crippen LogP contribution is -2.13. The summed E-state index contributed by atoms with van der Waals surface area (Å²) < 4.78 is 12.3. The molecule has 0 atom stereocenters. The van der Waals surface area contributed by atoms with Crippen molar-refractivity contribution >= 4 is 17.8 Å². The van der Waals surface area contributed by atoms with Crippen LogP contribution < -0.4 is 14.8 Å². The highest BCUT2D eigenvalue weighted by Crippen LogP contribution is 2.25. The minimum absolute atomic E-state index is 0.255. The zero-order valence-electron chi connectivity index (χ0n) is 15.3. The van der Waals surface area contributed by atoms with Crippen molar-refractivity contribution in [3.05, 3.63) is 78.0 Å². The van der Waals surface area contributed by atoms with Crippen molar-refractivity contribution in [2.45, 2.75) is 6.54 Å². The number of aromatic nitrogens is 2. The molecule has 1 heterocycles. The summed E-state index contributed by atoms with van der Waals surface area (Å²) in [4.78, 5) is 12.3. The van der Waals surface area contributed by atoms with Gasteiger partial charge >= 0.3 is 0 Å². The second-order valence-electron chi connectivity index (χ2n) is 5.79. The van der Waals surface area contributed by atoms with Gasteiger partial charge in [-0.15, -0.1) is 0 Å². The van der Waals surface area contributed by atoms with Crippen LogP contribution in [0, 0.1) is 0 Å². The quantitative estimate of drug-likeness (QED) is 0.652. The van der Waals surface area contributed by atoms with Crippen LogP contribution in [0.3, 0.4) is 0 Å². The molecule has 0 bridgehead atoms. The van der Waals surface area contributed by atoms with E-state index < -0.39 is 0 Å². The van der Waals surface area contributed by atoms with Crippen LogP contribution in [-0.4, -0.2) is 29.9 Å². The van der Waals surface area contributed by atoms with Gasteiger partial charge < -0.3 is 14.8 Å². The number of carbonyl (C=O) groups is 1. The second kappa shape index (κ2) is 8.71. The van der Waals surface area contributed by atoms with Gasteiger partial charge in [0.1, 0.15) is 17.3 Å². The molecular weight excluding hydrogens is 342 g/mol. The minimum atomic E-state index is -0.255. The Balaban J connectivity index is 1.70. The summed E-state index contributed by atoms with van der Waals surface area (Å²) in [6, 6.07) is 17.1. The molecule has 3 aromatic rings. The number of nitrogens with zero attached hydrogens (tertiary/aromatic N) is 2. The van der Waals surface area contributed by atoms with Crippen molar-refractivity contribution < 1.29 is 14.3 Å². The summed E-state index contributed by atoms with van der Waals surface area (Å²) >= 11 is 0. The Hall–Kier alpha value is -3.54. The van der Waals surface area contributed by atoms with Gasteiger partial charge in [0.15, 0.2) is 0 Å². The third-order valence-electron chi connectivity index (χ3n) is 3.99. The fourth-order valence-corrected chi connectivity index (χ4v) is 2.62. The molecular formula is C21H21N3O3. The molecule has 1 N–H and O–H groups in total. The van der Waals surface area contributed by atoms with Crippen molar-refractivity contribution in [3.8, 4) is 11.5 Å². The average molecular weight is 363 g/mol. The van der Waals surface area contributed by atoms with Crippen LogP contribution in [0.1, 0.15) is 11.1 Å². The highest BCUT2D eigenvalue weighted by atomic mass is 16.5. The van der Waals surface area contributed by atoms with Crippen LogP contribution >= 0.6 is 0 Å². The number of rotatable bonds is 7. The molecule has 0 saturated carbocycles. The SMILES string of the molecule is COc1ccc(OC)c(/C=C/C(=O)Nc2ccnn2Cc2ccccc2)c1. The molecule has 1 amide bonds. The van der Waals surface area contributed by atoms with Crippen molar-refractivity contribution in [3.63, 3.8) is 0 Å². The molecule has 2 aromatic carbocycles. The number of nitrogens with one attached hydrogen (secondary N) is 1. The summed E-state index contributed by atoms with van der Waals surface area (Å²) in [5, 5.41) is 7.12. The third-order valence-corrected chi connectivity index (χ3v) is 3.99. The van der Waals surface area contributed by atoms with E-state index in [2.05, 4.69) is 10.4 Å². The molecule has 6 nitrogen and oxygen atoms in total. The molecule has 0 fully saturated rings. The molecule has 0 unspecified atom stereocenters. The first-order chi connectivity index (χ1) is 13.2. The zero-order chi connectivity index (χ0) is 19.1. The number of carbonyl (C=O) groups excluding carboxylic acids is 1. The van der Waals surface area contributed by atoms with E-state index in [1.165, 1.54) is 6.08 Å². The molecule has 0 saturated heterocycles. The Morgan fingerprint density at radius 2 is 1.93 bits per heavy atom. The molecule has 138 valence electrons. The Morgan fingerprint density at radius 3 is 2.67 bits per heavy atom. The molecule has 3 rings (SSSR count). The van der Waals surface area contributed by atoms with Gasteiger partial charge in [-0.05, 0) is 29.8 Å². The Morgan fingerprint density at radius 1 is 1.11 bits per heavy atom. The average Bonchev–Trinajstić information content (AvgIpc) is 3.13. The number of benzene rings is 2. The van der Waals surface area contributed by atoms with Crippen LogP contribution in [0.15, 0.2) is 66.9 Å². The maximum atomic E-state index is 12.3. The molecule has 1 aromatic heterocycles. The first-order valence-corrected chi connectivity index (χ1v) is 8.46.